The van der Waals surface area contributed by atoms with Crippen molar-refractivity contribution in [1.29, 1.82) is 0 Å². The van der Waals surface area contributed by atoms with Crippen molar-refractivity contribution < 1.29 is 9.53 Å². The summed E-state index contributed by atoms with van der Waals surface area (Å²) in [7, 11) is 0. The Morgan fingerprint density at radius 3 is 2.39 bits per heavy atom. The lowest BCUT2D eigenvalue weighted by Crippen LogP contribution is -2.42. The first-order valence-electron chi connectivity index (χ1n) is 8.18. The van der Waals surface area contributed by atoms with Crippen LogP contribution in [-0.4, -0.2) is 24.3 Å². The Labute approximate surface area is 139 Å². The molecule has 1 amide bonds. The summed E-state index contributed by atoms with van der Waals surface area (Å²) in [4.78, 5) is 12.1. The molecule has 0 fully saturated rings. The van der Waals surface area contributed by atoms with E-state index in [1.165, 1.54) is 11.1 Å². The zero-order valence-corrected chi connectivity index (χ0v) is 15.0. The number of hydrazine groups is 1. The molecule has 130 valence electrons. The van der Waals surface area contributed by atoms with Crippen molar-refractivity contribution in [3.05, 3.63) is 35.4 Å². The summed E-state index contributed by atoms with van der Waals surface area (Å²) in [6.07, 6.45) is 1.23. The van der Waals surface area contributed by atoms with Gasteiger partial charge in [0, 0.05) is 12.6 Å². The molecular formula is C18H31N3O2. The standard InChI is InChI=1S/C18H31N3O2/c1-13-6-8-15(9-7-13)11-16(10-14(2)12-20-19)21-17(22)23-18(3,4)5/h6-9,14,16,20H,10-12,19H2,1-5H3,(H,21,22). The van der Waals surface area contributed by atoms with Crippen molar-refractivity contribution in [2.24, 2.45) is 11.8 Å². The Morgan fingerprint density at radius 2 is 1.87 bits per heavy atom. The third-order valence-corrected chi connectivity index (χ3v) is 3.48. The zero-order chi connectivity index (χ0) is 17.5. The molecule has 2 atom stereocenters. The third kappa shape index (κ3) is 8.57. The summed E-state index contributed by atoms with van der Waals surface area (Å²) in [5, 5.41) is 3.00. The van der Waals surface area contributed by atoms with E-state index in [0.717, 1.165) is 12.8 Å². The number of carbonyl (C=O) groups is 1. The molecule has 1 rings (SSSR count). The van der Waals surface area contributed by atoms with Crippen LogP contribution < -0.4 is 16.6 Å². The Balaban J connectivity index is 2.71. The van der Waals surface area contributed by atoms with Gasteiger partial charge in [0.15, 0.2) is 0 Å². The maximum absolute atomic E-state index is 12.1. The Morgan fingerprint density at radius 1 is 1.26 bits per heavy atom. The van der Waals surface area contributed by atoms with E-state index in [9.17, 15) is 4.79 Å². The van der Waals surface area contributed by atoms with Gasteiger partial charge in [-0.1, -0.05) is 36.8 Å². The van der Waals surface area contributed by atoms with Gasteiger partial charge in [0.25, 0.3) is 0 Å². The molecule has 23 heavy (non-hydrogen) atoms. The molecule has 0 heterocycles. The number of ether oxygens (including phenoxy) is 1. The highest BCUT2D eigenvalue weighted by Crippen LogP contribution is 2.14. The van der Waals surface area contributed by atoms with E-state index >= 15 is 0 Å². The van der Waals surface area contributed by atoms with Crippen LogP contribution >= 0.6 is 0 Å². The van der Waals surface area contributed by atoms with Gasteiger partial charge in [0.2, 0.25) is 0 Å². The maximum atomic E-state index is 12.1. The van der Waals surface area contributed by atoms with Crippen LogP contribution in [0.4, 0.5) is 4.79 Å². The first-order valence-corrected chi connectivity index (χ1v) is 8.18. The van der Waals surface area contributed by atoms with Crippen molar-refractivity contribution >= 4 is 6.09 Å². The molecule has 0 aliphatic rings. The van der Waals surface area contributed by atoms with Crippen LogP contribution in [0.25, 0.3) is 0 Å². The topological polar surface area (TPSA) is 76.4 Å². The van der Waals surface area contributed by atoms with Gasteiger partial charge in [-0.2, -0.15) is 0 Å². The molecule has 0 spiro atoms. The second-order valence-electron chi connectivity index (χ2n) is 7.28. The normalized spacial score (nSPS) is 14.2. The van der Waals surface area contributed by atoms with Crippen molar-refractivity contribution in [2.75, 3.05) is 6.54 Å². The van der Waals surface area contributed by atoms with Gasteiger partial charge in [0.1, 0.15) is 5.60 Å². The molecule has 1 aromatic rings. The average Bonchev–Trinajstić information content (AvgIpc) is 2.39. The molecule has 0 aliphatic carbocycles. The van der Waals surface area contributed by atoms with Gasteiger partial charge in [-0.05, 0) is 52.0 Å². The quantitative estimate of drug-likeness (QED) is 0.533. The minimum Gasteiger partial charge on any atom is -0.444 e. The summed E-state index contributed by atoms with van der Waals surface area (Å²) in [5.74, 6) is 5.75. The molecule has 0 aromatic heterocycles. The lowest BCUT2D eigenvalue weighted by atomic mass is 9.96. The number of amides is 1. The SMILES string of the molecule is Cc1ccc(CC(CC(C)CNN)NC(=O)OC(C)(C)C)cc1. The second-order valence-corrected chi connectivity index (χ2v) is 7.28. The average molecular weight is 321 g/mol. The van der Waals surface area contributed by atoms with Gasteiger partial charge >= 0.3 is 6.09 Å². The van der Waals surface area contributed by atoms with E-state index in [0.29, 0.717) is 12.5 Å². The fourth-order valence-corrected chi connectivity index (χ4v) is 2.45. The Bertz CT molecular complexity index is 480. The van der Waals surface area contributed by atoms with Crippen LogP contribution in [0, 0.1) is 12.8 Å². The molecule has 0 bridgehead atoms. The van der Waals surface area contributed by atoms with Gasteiger partial charge in [-0.25, -0.2) is 4.79 Å². The number of hydrogen-bond acceptors (Lipinski definition) is 4. The highest BCUT2D eigenvalue weighted by molar-refractivity contribution is 5.68. The van der Waals surface area contributed by atoms with Crippen LogP contribution in [0.15, 0.2) is 24.3 Å². The predicted octanol–water partition coefficient (Wildman–Crippen LogP) is 2.92. The summed E-state index contributed by atoms with van der Waals surface area (Å²) < 4.78 is 5.38. The van der Waals surface area contributed by atoms with Crippen LogP contribution in [0.5, 0.6) is 0 Å². The van der Waals surface area contributed by atoms with Gasteiger partial charge in [-0.15, -0.1) is 0 Å². The minimum atomic E-state index is -0.497. The van der Waals surface area contributed by atoms with Crippen LogP contribution in [0.1, 0.15) is 45.2 Å². The lowest BCUT2D eigenvalue weighted by molar-refractivity contribution is 0.0498. The molecule has 4 N–H and O–H groups in total. The van der Waals surface area contributed by atoms with Gasteiger partial charge < -0.3 is 10.1 Å². The largest absolute Gasteiger partial charge is 0.444 e. The van der Waals surface area contributed by atoms with E-state index in [4.69, 9.17) is 10.6 Å². The highest BCUT2D eigenvalue weighted by atomic mass is 16.6. The maximum Gasteiger partial charge on any atom is 0.407 e. The molecule has 0 saturated carbocycles. The summed E-state index contributed by atoms with van der Waals surface area (Å²) in [6, 6.07) is 8.39. The van der Waals surface area contributed by atoms with Crippen LogP contribution in [0.2, 0.25) is 0 Å². The summed E-state index contributed by atoms with van der Waals surface area (Å²) in [6.45, 7) is 10.5. The van der Waals surface area contributed by atoms with Gasteiger partial charge in [0.05, 0.1) is 0 Å². The number of hydrogen-bond donors (Lipinski definition) is 3. The van der Waals surface area contributed by atoms with E-state index in [2.05, 4.69) is 48.9 Å². The first kappa shape index (κ1) is 19.5. The van der Waals surface area contributed by atoms with E-state index < -0.39 is 5.60 Å². The zero-order valence-electron chi connectivity index (χ0n) is 15.0. The van der Waals surface area contributed by atoms with Crippen molar-refractivity contribution in [3.8, 4) is 0 Å². The number of benzene rings is 1. The number of rotatable bonds is 7. The van der Waals surface area contributed by atoms with Crippen molar-refractivity contribution in [3.63, 3.8) is 0 Å². The molecule has 0 aliphatic heterocycles. The second kappa shape index (κ2) is 8.89. The summed E-state index contributed by atoms with van der Waals surface area (Å²) in [5.41, 5.74) is 4.62. The number of alkyl carbamates (subject to hydrolysis) is 1. The predicted molar refractivity (Wildman–Crippen MR) is 94.0 cm³/mol. The fourth-order valence-electron chi connectivity index (χ4n) is 2.45. The fraction of sp³-hybridized carbons (Fsp3) is 0.611. The van der Waals surface area contributed by atoms with E-state index in [1.54, 1.807) is 0 Å². The highest BCUT2D eigenvalue weighted by Gasteiger charge is 2.21. The molecule has 1 aromatic carbocycles. The van der Waals surface area contributed by atoms with Crippen molar-refractivity contribution in [2.45, 2.75) is 59.1 Å². The smallest absolute Gasteiger partial charge is 0.407 e. The molecule has 2 unspecified atom stereocenters. The van der Waals surface area contributed by atoms with E-state index in [-0.39, 0.29) is 12.1 Å². The Kier molecular flexibility index (Phi) is 7.52. The lowest BCUT2D eigenvalue weighted by Gasteiger charge is -2.25. The molecular weight excluding hydrogens is 290 g/mol. The first-order chi connectivity index (χ1) is 10.7. The summed E-state index contributed by atoms with van der Waals surface area (Å²) >= 11 is 0. The monoisotopic (exact) mass is 321 g/mol. The minimum absolute atomic E-state index is 0.0101. The molecule has 5 nitrogen and oxygen atoms in total. The third-order valence-electron chi connectivity index (χ3n) is 3.48. The van der Waals surface area contributed by atoms with Crippen LogP contribution in [-0.2, 0) is 11.2 Å². The van der Waals surface area contributed by atoms with E-state index in [1.807, 2.05) is 20.8 Å². The van der Waals surface area contributed by atoms with Crippen LogP contribution in [0.3, 0.4) is 0 Å². The Hall–Kier alpha value is -1.59. The number of nitrogens with two attached hydrogens (primary N) is 1. The molecule has 5 heteroatoms. The van der Waals surface area contributed by atoms with Gasteiger partial charge in [-0.3, -0.25) is 11.3 Å². The molecule has 0 saturated heterocycles. The number of nitrogens with one attached hydrogen (secondary N) is 2. The number of carbonyl (C=O) groups excluding carboxylic acids is 1. The molecule has 0 radical (unpaired) electrons. The van der Waals surface area contributed by atoms with Crippen molar-refractivity contribution in [1.82, 2.24) is 10.7 Å². The number of aryl methyl sites for hydroxylation is 1.